The Morgan fingerprint density at radius 1 is 1.37 bits per heavy atom. The monoisotopic (exact) mass is 266 g/mol. The Balaban J connectivity index is 1.84. The average Bonchev–Trinajstić information content (AvgIpc) is 2.43. The topological polar surface area (TPSA) is 105 Å². The third-order valence-corrected chi connectivity index (χ3v) is 3.12. The van der Waals surface area contributed by atoms with Crippen molar-refractivity contribution in [1.29, 1.82) is 0 Å². The number of nitrogens with two attached hydrogens (primary N) is 1. The minimum Gasteiger partial charge on any atom is -0.386 e. The van der Waals surface area contributed by atoms with Crippen molar-refractivity contribution in [2.45, 2.75) is 31.0 Å². The molecule has 1 saturated heterocycles. The Hall–Kier alpha value is -1.47. The minimum atomic E-state index is -1.30. The van der Waals surface area contributed by atoms with Crippen LogP contribution in [0.2, 0.25) is 0 Å². The van der Waals surface area contributed by atoms with E-state index in [9.17, 15) is 15.0 Å². The van der Waals surface area contributed by atoms with E-state index in [-0.39, 0.29) is 12.5 Å². The van der Waals surface area contributed by atoms with Crippen LogP contribution in [0.4, 0.5) is 0 Å². The quantitative estimate of drug-likeness (QED) is 0.574. The van der Waals surface area contributed by atoms with E-state index in [1.165, 1.54) is 0 Å². The average molecular weight is 266 g/mol. The molecular formula is C13H18N2O4. The molecule has 1 aliphatic heterocycles. The van der Waals surface area contributed by atoms with Gasteiger partial charge in [0.15, 0.2) is 6.29 Å². The Labute approximate surface area is 111 Å². The smallest absolute Gasteiger partial charge is 0.251 e. The van der Waals surface area contributed by atoms with Gasteiger partial charge in [0.1, 0.15) is 6.10 Å². The van der Waals surface area contributed by atoms with Crippen LogP contribution < -0.4 is 11.1 Å². The molecular weight excluding hydrogens is 248 g/mol. The molecule has 1 heterocycles. The van der Waals surface area contributed by atoms with Crippen LogP contribution in [0, 0.1) is 0 Å². The van der Waals surface area contributed by atoms with Crippen LogP contribution in [0.5, 0.6) is 0 Å². The molecule has 1 amide bonds. The molecule has 1 aliphatic rings. The number of rotatable bonds is 3. The standard InChI is InChI=1S/C13H18N2O4/c14-10-6-9(19-13(18)11(10)16)7-15-12(17)8-4-2-1-3-5-8/h1-5,9-11,13,16,18H,6-7,14H2,(H,15,17)/t9-,10?,11?,13+/m0/s1. The number of amides is 1. The molecule has 5 N–H and O–H groups in total. The number of carbonyl (C=O) groups excluding carboxylic acids is 1. The zero-order chi connectivity index (χ0) is 13.8. The molecule has 0 bridgehead atoms. The highest BCUT2D eigenvalue weighted by atomic mass is 16.6. The van der Waals surface area contributed by atoms with E-state index in [0.717, 1.165) is 0 Å². The van der Waals surface area contributed by atoms with Crippen molar-refractivity contribution in [2.24, 2.45) is 5.73 Å². The largest absolute Gasteiger partial charge is 0.386 e. The maximum Gasteiger partial charge on any atom is 0.251 e. The predicted octanol–water partition coefficient (Wildman–Crippen LogP) is -0.788. The van der Waals surface area contributed by atoms with Gasteiger partial charge in [0, 0.05) is 18.2 Å². The molecule has 4 atom stereocenters. The van der Waals surface area contributed by atoms with Gasteiger partial charge in [-0.05, 0) is 18.6 Å². The summed E-state index contributed by atoms with van der Waals surface area (Å²) in [4.78, 5) is 11.8. The number of hydrogen-bond acceptors (Lipinski definition) is 5. The van der Waals surface area contributed by atoms with Gasteiger partial charge in [0.25, 0.3) is 5.91 Å². The van der Waals surface area contributed by atoms with Crippen LogP contribution in [0.25, 0.3) is 0 Å². The Bertz CT molecular complexity index is 414. The summed E-state index contributed by atoms with van der Waals surface area (Å²) < 4.78 is 5.17. The van der Waals surface area contributed by atoms with Gasteiger partial charge >= 0.3 is 0 Å². The summed E-state index contributed by atoms with van der Waals surface area (Å²) in [5, 5.41) is 21.6. The summed E-state index contributed by atoms with van der Waals surface area (Å²) >= 11 is 0. The van der Waals surface area contributed by atoms with Crippen LogP contribution in [0.1, 0.15) is 16.8 Å². The molecule has 0 radical (unpaired) electrons. The number of benzene rings is 1. The summed E-state index contributed by atoms with van der Waals surface area (Å²) in [6.07, 6.45) is -2.41. The first kappa shape index (κ1) is 14.0. The van der Waals surface area contributed by atoms with E-state index in [1.807, 2.05) is 6.07 Å². The van der Waals surface area contributed by atoms with Gasteiger partial charge in [-0.3, -0.25) is 4.79 Å². The number of nitrogens with one attached hydrogen (secondary N) is 1. The van der Waals surface area contributed by atoms with E-state index in [2.05, 4.69) is 5.32 Å². The normalized spacial score (nSPS) is 30.9. The molecule has 2 rings (SSSR count). The number of carbonyl (C=O) groups is 1. The predicted molar refractivity (Wildman–Crippen MR) is 68.3 cm³/mol. The maximum absolute atomic E-state index is 11.8. The van der Waals surface area contributed by atoms with Crippen LogP contribution in [0.15, 0.2) is 30.3 Å². The highest BCUT2D eigenvalue weighted by molar-refractivity contribution is 5.94. The lowest BCUT2D eigenvalue weighted by molar-refractivity contribution is -0.219. The van der Waals surface area contributed by atoms with Crippen molar-refractivity contribution in [2.75, 3.05) is 6.54 Å². The van der Waals surface area contributed by atoms with Gasteiger partial charge in [-0.25, -0.2) is 0 Å². The number of aliphatic hydroxyl groups excluding tert-OH is 2. The zero-order valence-corrected chi connectivity index (χ0v) is 10.4. The summed E-state index contributed by atoms with van der Waals surface area (Å²) in [5.74, 6) is -0.210. The SMILES string of the molecule is NC1C[C@@H](CNC(=O)c2ccccc2)O[C@@H](O)C1O. The number of ether oxygens (including phenoxy) is 1. The van der Waals surface area contributed by atoms with Crippen molar-refractivity contribution in [3.8, 4) is 0 Å². The summed E-state index contributed by atoms with van der Waals surface area (Å²) in [6, 6.07) is 8.26. The van der Waals surface area contributed by atoms with Crippen molar-refractivity contribution in [3.63, 3.8) is 0 Å². The van der Waals surface area contributed by atoms with E-state index >= 15 is 0 Å². The highest BCUT2D eigenvalue weighted by Crippen LogP contribution is 2.17. The van der Waals surface area contributed by atoms with E-state index in [1.54, 1.807) is 24.3 Å². The van der Waals surface area contributed by atoms with Crippen LogP contribution in [-0.4, -0.2) is 47.2 Å². The van der Waals surface area contributed by atoms with Crippen molar-refractivity contribution >= 4 is 5.91 Å². The van der Waals surface area contributed by atoms with Gasteiger partial charge in [-0.1, -0.05) is 18.2 Å². The molecule has 1 aromatic carbocycles. The fourth-order valence-corrected chi connectivity index (χ4v) is 2.02. The van der Waals surface area contributed by atoms with Gasteiger partial charge in [0.05, 0.1) is 6.10 Å². The van der Waals surface area contributed by atoms with Gasteiger partial charge in [0.2, 0.25) is 0 Å². The first-order chi connectivity index (χ1) is 9.08. The second-order valence-electron chi connectivity index (χ2n) is 4.61. The molecule has 6 nitrogen and oxygen atoms in total. The molecule has 0 spiro atoms. The van der Waals surface area contributed by atoms with Crippen LogP contribution >= 0.6 is 0 Å². The third kappa shape index (κ3) is 3.51. The molecule has 0 saturated carbocycles. The Morgan fingerprint density at radius 2 is 2.05 bits per heavy atom. The minimum absolute atomic E-state index is 0.210. The number of hydrogen-bond donors (Lipinski definition) is 4. The molecule has 6 heteroatoms. The second-order valence-corrected chi connectivity index (χ2v) is 4.61. The second kappa shape index (κ2) is 6.12. The third-order valence-electron chi connectivity index (χ3n) is 3.12. The van der Waals surface area contributed by atoms with Crippen molar-refractivity contribution in [3.05, 3.63) is 35.9 Å². The Morgan fingerprint density at radius 3 is 2.68 bits per heavy atom. The van der Waals surface area contributed by atoms with Crippen LogP contribution in [0.3, 0.4) is 0 Å². The molecule has 1 fully saturated rings. The molecule has 1 aromatic rings. The summed E-state index contributed by atoms with van der Waals surface area (Å²) in [7, 11) is 0. The fraction of sp³-hybridized carbons (Fsp3) is 0.462. The molecule has 0 aromatic heterocycles. The van der Waals surface area contributed by atoms with Gasteiger partial charge in [-0.15, -0.1) is 0 Å². The molecule has 19 heavy (non-hydrogen) atoms. The fourth-order valence-electron chi connectivity index (χ4n) is 2.02. The van der Waals surface area contributed by atoms with E-state index < -0.39 is 24.5 Å². The summed E-state index contributed by atoms with van der Waals surface area (Å²) in [5.41, 5.74) is 6.23. The molecule has 104 valence electrons. The lowest BCUT2D eigenvalue weighted by Gasteiger charge is -2.35. The van der Waals surface area contributed by atoms with Crippen LogP contribution in [-0.2, 0) is 4.74 Å². The van der Waals surface area contributed by atoms with E-state index in [4.69, 9.17) is 10.5 Å². The van der Waals surface area contributed by atoms with Gasteiger partial charge in [-0.2, -0.15) is 0 Å². The first-order valence-electron chi connectivity index (χ1n) is 6.18. The van der Waals surface area contributed by atoms with Crippen molar-refractivity contribution in [1.82, 2.24) is 5.32 Å². The van der Waals surface area contributed by atoms with Gasteiger partial charge < -0.3 is 26.0 Å². The first-order valence-corrected chi connectivity index (χ1v) is 6.18. The number of aliphatic hydroxyl groups is 2. The Kier molecular flexibility index (Phi) is 4.49. The van der Waals surface area contributed by atoms with E-state index in [0.29, 0.717) is 12.0 Å². The zero-order valence-electron chi connectivity index (χ0n) is 10.4. The molecule has 2 unspecified atom stereocenters. The maximum atomic E-state index is 11.8. The lowest BCUT2D eigenvalue weighted by Crippen LogP contribution is -2.54. The summed E-state index contributed by atoms with van der Waals surface area (Å²) in [6.45, 7) is 0.241. The highest BCUT2D eigenvalue weighted by Gasteiger charge is 2.34. The van der Waals surface area contributed by atoms with Crippen molar-refractivity contribution < 1.29 is 19.7 Å². The lowest BCUT2D eigenvalue weighted by atomic mass is 10.0. The molecule has 0 aliphatic carbocycles.